The number of pyridine rings is 1. The van der Waals surface area contributed by atoms with Crippen LogP contribution in [0, 0.1) is 5.82 Å². The Kier molecular flexibility index (Phi) is 4.18. The van der Waals surface area contributed by atoms with Gasteiger partial charge in [0.05, 0.1) is 11.7 Å². The van der Waals surface area contributed by atoms with Crippen molar-refractivity contribution in [3.05, 3.63) is 65.2 Å². The number of nitrogens with zero attached hydrogens (tertiary/aromatic N) is 2. The molecule has 3 nitrogen and oxygen atoms in total. The lowest BCUT2D eigenvalue weighted by molar-refractivity contribution is -0.129. The molecular formula is C18H19FN2O. The lowest BCUT2D eigenvalue weighted by atomic mass is 10.1. The molecule has 3 rings (SSSR count). The molecule has 4 heteroatoms. The summed E-state index contributed by atoms with van der Waals surface area (Å²) in [7, 11) is 0. The normalized spacial score (nSPS) is 17.7. The standard InChI is InChI=1S/C18H19FN2O/c1-13(22)21-11-3-6-18(21)17-5-2-4-16(20-17)12-14-7-9-15(19)10-8-14/h2,4-5,7-10,18H,3,6,11-12H2,1H3. The quantitative estimate of drug-likeness (QED) is 0.869. The van der Waals surface area contributed by atoms with Crippen molar-refractivity contribution in [3.8, 4) is 0 Å². The second-order valence-electron chi connectivity index (χ2n) is 5.73. The lowest BCUT2D eigenvalue weighted by Crippen LogP contribution is -2.28. The molecule has 0 radical (unpaired) electrons. The van der Waals surface area contributed by atoms with Crippen LogP contribution in [0.2, 0.25) is 0 Å². The molecule has 1 unspecified atom stereocenters. The molecule has 1 aromatic heterocycles. The summed E-state index contributed by atoms with van der Waals surface area (Å²) >= 11 is 0. The van der Waals surface area contributed by atoms with Crippen molar-refractivity contribution in [1.29, 1.82) is 0 Å². The predicted molar refractivity (Wildman–Crippen MR) is 82.8 cm³/mol. The molecule has 0 N–H and O–H groups in total. The van der Waals surface area contributed by atoms with Crippen LogP contribution in [0.25, 0.3) is 0 Å². The zero-order chi connectivity index (χ0) is 15.5. The van der Waals surface area contributed by atoms with Crippen LogP contribution in [0.4, 0.5) is 4.39 Å². The number of aromatic nitrogens is 1. The molecule has 0 aliphatic carbocycles. The van der Waals surface area contributed by atoms with E-state index in [-0.39, 0.29) is 17.8 Å². The smallest absolute Gasteiger partial charge is 0.220 e. The van der Waals surface area contributed by atoms with Crippen LogP contribution < -0.4 is 0 Å². The molecule has 114 valence electrons. The molecule has 1 saturated heterocycles. The molecule has 2 heterocycles. The third-order valence-electron chi connectivity index (χ3n) is 4.13. The van der Waals surface area contributed by atoms with Gasteiger partial charge in [-0.05, 0) is 42.7 Å². The molecule has 1 aromatic carbocycles. The molecular weight excluding hydrogens is 279 g/mol. The summed E-state index contributed by atoms with van der Waals surface area (Å²) in [5.74, 6) is -0.123. The number of benzene rings is 1. The zero-order valence-corrected chi connectivity index (χ0v) is 12.6. The van der Waals surface area contributed by atoms with E-state index in [1.54, 1.807) is 19.1 Å². The average molecular weight is 298 g/mol. The number of likely N-dealkylation sites (tertiary alicyclic amines) is 1. The van der Waals surface area contributed by atoms with Crippen LogP contribution in [0.3, 0.4) is 0 Å². The Balaban J connectivity index is 1.80. The van der Waals surface area contributed by atoms with Crippen LogP contribution in [-0.4, -0.2) is 22.3 Å². The fourth-order valence-electron chi connectivity index (χ4n) is 3.04. The van der Waals surface area contributed by atoms with E-state index in [9.17, 15) is 9.18 Å². The van der Waals surface area contributed by atoms with Crippen molar-refractivity contribution < 1.29 is 9.18 Å². The number of carbonyl (C=O) groups is 1. The molecule has 1 amide bonds. The highest BCUT2D eigenvalue weighted by Gasteiger charge is 2.28. The van der Waals surface area contributed by atoms with Gasteiger partial charge in [-0.1, -0.05) is 18.2 Å². The van der Waals surface area contributed by atoms with E-state index in [2.05, 4.69) is 0 Å². The second-order valence-corrected chi connectivity index (χ2v) is 5.73. The van der Waals surface area contributed by atoms with Gasteiger partial charge in [-0.25, -0.2) is 4.39 Å². The molecule has 2 aromatic rings. The van der Waals surface area contributed by atoms with Crippen molar-refractivity contribution in [3.63, 3.8) is 0 Å². The summed E-state index contributed by atoms with van der Waals surface area (Å²) in [6, 6.07) is 12.5. The average Bonchev–Trinajstić information content (AvgIpc) is 3.00. The van der Waals surface area contributed by atoms with Crippen molar-refractivity contribution in [2.24, 2.45) is 0 Å². The SMILES string of the molecule is CC(=O)N1CCCC1c1cccc(Cc2ccc(F)cc2)n1. The molecule has 0 spiro atoms. The van der Waals surface area contributed by atoms with Crippen LogP contribution in [-0.2, 0) is 11.2 Å². The summed E-state index contributed by atoms with van der Waals surface area (Å²) in [4.78, 5) is 18.3. The zero-order valence-electron chi connectivity index (χ0n) is 12.6. The first kappa shape index (κ1) is 14.7. The van der Waals surface area contributed by atoms with Gasteiger partial charge in [-0.15, -0.1) is 0 Å². The van der Waals surface area contributed by atoms with Gasteiger partial charge in [0.1, 0.15) is 5.82 Å². The molecule has 1 aliphatic rings. The third-order valence-corrected chi connectivity index (χ3v) is 4.13. The third kappa shape index (κ3) is 3.16. The summed E-state index contributed by atoms with van der Waals surface area (Å²) in [6.07, 6.45) is 2.65. The topological polar surface area (TPSA) is 33.2 Å². The minimum Gasteiger partial charge on any atom is -0.334 e. The van der Waals surface area contributed by atoms with Crippen LogP contribution in [0.1, 0.15) is 42.8 Å². The van der Waals surface area contributed by atoms with E-state index in [1.807, 2.05) is 23.1 Å². The maximum Gasteiger partial charge on any atom is 0.220 e. The Labute approximate surface area is 129 Å². The maximum absolute atomic E-state index is 13.0. The van der Waals surface area contributed by atoms with Gasteiger partial charge >= 0.3 is 0 Å². The van der Waals surface area contributed by atoms with E-state index in [0.717, 1.165) is 36.3 Å². The summed E-state index contributed by atoms with van der Waals surface area (Å²) in [5.41, 5.74) is 2.92. The molecule has 22 heavy (non-hydrogen) atoms. The molecule has 0 bridgehead atoms. The molecule has 1 aliphatic heterocycles. The highest BCUT2D eigenvalue weighted by atomic mass is 19.1. The first-order valence-electron chi connectivity index (χ1n) is 7.61. The number of rotatable bonds is 3. The number of amides is 1. The monoisotopic (exact) mass is 298 g/mol. The summed E-state index contributed by atoms with van der Waals surface area (Å²) < 4.78 is 13.0. The number of hydrogen-bond donors (Lipinski definition) is 0. The van der Waals surface area contributed by atoms with Crippen molar-refractivity contribution in [2.45, 2.75) is 32.2 Å². The van der Waals surface area contributed by atoms with Gasteiger partial charge in [-0.2, -0.15) is 0 Å². The summed E-state index contributed by atoms with van der Waals surface area (Å²) in [5, 5.41) is 0. The Bertz CT molecular complexity index is 669. The number of carbonyl (C=O) groups excluding carboxylic acids is 1. The van der Waals surface area contributed by atoms with Gasteiger partial charge in [0, 0.05) is 25.6 Å². The van der Waals surface area contributed by atoms with Crippen molar-refractivity contribution >= 4 is 5.91 Å². The first-order chi connectivity index (χ1) is 10.6. The highest BCUT2D eigenvalue weighted by Crippen LogP contribution is 2.30. The molecule has 0 saturated carbocycles. The van der Waals surface area contributed by atoms with Crippen molar-refractivity contribution in [1.82, 2.24) is 9.88 Å². The van der Waals surface area contributed by atoms with E-state index < -0.39 is 0 Å². The fourth-order valence-corrected chi connectivity index (χ4v) is 3.04. The summed E-state index contributed by atoms with van der Waals surface area (Å²) in [6.45, 7) is 2.42. The maximum atomic E-state index is 13.0. The van der Waals surface area contributed by atoms with Gasteiger partial charge in [0.25, 0.3) is 0 Å². The fraction of sp³-hybridized carbons (Fsp3) is 0.333. The van der Waals surface area contributed by atoms with Crippen LogP contribution in [0.15, 0.2) is 42.5 Å². The molecule has 1 fully saturated rings. The van der Waals surface area contributed by atoms with Crippen LogP contribution >= 0.6 is 0 Å². The predicted octanol–water partition coefficient (Wildman–Crippen LogP) is 3.49. The highest BCUT2D eigenvalue weighted by molar-refractivity contribution is 5.74. The van der Waals surface area contributed by atoms with Crippen molar-refractivity contribution in [2.75, 3.05) is 6.54 Å². The van der Waals surface area contributed by atoms with E-state index in [0.29, 0.717) is 6.42 Å². The number of halogens is 1. The van der Waals surface area contributed by atoms with Gasteiger partial charge in [0.2, 0.25) is 5.91 Å². The Morgan fingerprint density at radius 3 is 2.77 bits per heavy atom. The van der Waals surface area contributed by atoms with Gasteiger partial charge in [0.15, 0.2) is 0 Å². The second kappa shape index (κ2) is 6.26. The number of hydrogen-bond acceptors (Lipinski definition) is 2. The first-order valence-corrected chi connectivity index (χ1v) is 7.61. The Morgan fingerprint density at radius 2 is 2.05 bits per heavy atom. The largest absolute Gasteiger partial charge is 0.334 e. The van der Waals surface area contributed by atoms with Gasteiger partial charge in [-0.3, -0.25) is 9.78 Å². The Hall–Kier alpha value is -2.23. The minimum atomic E-state index is -0.228. The minimum absolute atomic E-state index is 0.0886. The van der Waals surface area contributed by atoms with E-state index >= 15 is 0 Å². The van der Waals surface area contributed by atoms with E-state index in [4.69, 9.17) is 4.98 Å². The Morgan fingerprint density at radius 1 is 1.27 bits per heavy atom. The van der Waals surface area contributed by atoms with E-state index in [1.165, 1.54) is 12.1 Å². The lowest BCUT2D eigenvalue weighted by Gasteiger charge is -2.23. The van der Waals surface area contributed by atoms with Gasteiger partial charge < -0.3 is 4.90 Å². The molecule has 1 atom stereocenters. The van der Waals surface area contributed by atoms with Crippen LogP contribution in [0.5, 0.6) is 0 Å².